The lowest BCUT2D eigenvalue weighted by Crippen LogP contribution is -2.11. The molecule has 0 aliphatic heterocycles. The molecule has 0 saturated carbocycles. The minimum absolute atomic E-state index is 0.260. The Morgan fingerprint density at radius 2 is 2.21 bits per heavy atom. The van der Waals surface area contributed by atoms with Gasteiger partial charge in [-0.15, -0.1) is 0 Å². The second kappa shape index (κ2) is 4.30. The van der Waals surface area contributed by atoms with Gasteiger partial charge in [0.15, 0.2) is 0 Å². The number of rotatable bonds is 3. The fourth-order valence-corrected chi connectivity index (χ4v) is 1.86. The molecule has 1 aromatic heterocycles. The monoisotopic (exact) mass is 328 g/mol. The molecule has 0 aliphatic carbocycles. The first kappa shape index (κ1) is 11.5. The molecule has 0 bridgehead atoms. The molecule has 5 nitrogen and oxygen atoms in total. The first-order chi connectivity index (χ1) is 6.42. The van der Waals surface area contributed by atoms with E-state index in [2.05, 4.69) is 9.71 Å². The Morgan fingerprint density at radius 3 is 2.71 bits per heavy atom. The second-order valence-electron chi connectivity index (χ2n) is 2.58. The topological polar surface area (TPSA) is 68.3 Å². The third-order valence-electron chi connectivity index (χ3n) is 1.31. The maximum Gasteiger partial charge on any atom is 0.238 e. The molecule has 78 valence electrons. The summed E-state index contributed by atoms with van der Waals surface area (Å²) in [5.41, 5.74) is 0.349. The van der Waals surface area contributed by atoms with Crippen molar-refractivity contribution in [2.75, 3.05) is 18.1 Å². The SMILES string of the molecule is COc1ncc(I)cc1NS(C)(=O)=O. The van der Waals surface area contributed by atoms with Crippen molar-refractivity contribution >= 4 is 38.3 Å². The van der Waals surface area contributed by atoms with Crippen LogP contribution in [-0.4, -0.2) is 26.8 Å². The average Bonchev–Trinajstić information content (AvgIpc) is 2.01. The van der Waals surface area contributed by atoms with Crippen LogP contribution in [0.5, 0.6) is 5.88 Å². The summed E-state index contributed by atoms with van der Waals surface area (Å²) in [6.45, 7) is 0. The van der Waals surface area contributed by atoms with Crippen LogP contribution >= 0.6 is 22.6 Å². The number of nitrogens with one attached hydrogen (secondary N) is 1. The van der Waals surface area contributed by atoms with E-state index in [4.69, 9.17) is 4.74 Å². The molecule has 0 fully saturated rings. The van der Waals surface area contributed by atoms with Crippen LogP contribution in [0.3, 0.4) is 0 Å². The molecule has 0 radical (unpaired) electrons. The summed E-state index contributed by atoms with van der Waals surface area (Å²) in [5, 5.41) is 0. The van der Waals surface area contributed by atoms with Crippen LogP contribution in [-0.2, 0) is 10.0 Å². The predicted octanol–water partition coefficient (Wildman–Crippen LogP) is 1.07. The van der Waals surface area contributed by atoms with Crippen molar-refractivity contribution in [1.82, 2.24) is 4.98 Å². The lowest BCUT2D eigenvalue weighted by Gasteiger charge is -2.08. The van der Waals surface area contributed by atoms with Crippen molar-refractivity contribution in [3.8, 4) is 5.88 Å². The van der Waals surface area contributed by atoms with E-state index in [0.29, 0.717) is 5.69 Å². The summed E-state index contributed by atoms with van der Waals surface area (Å²) in [7, 11) is -1.87. The molecule has 7 heteroatoms. The molecule has 14 heavy (non-hydrogen) atoms. The van der Waals surface area contributed by atoms with Crippen molar-refractivity contribution < 1.29 is 13.2 Å². The molecular formula is C7H9IN2O3S. The smallest absolute Gasteiger partial charge is 0.238 e. The second-order valence-corrected chi connectivity index (χ2v) is 5.58. The molecule has 1 N–H and O–H groups in total. The van der Waals surface area contributed by atoms with Gasteiger partial charge in [-0.25, -0.2) is 13.4 Å². The molecule has 0 atom stereocenters. The van der Waals surface area contributed by atoms with Gasteiger partial charge >= 0.3 is 0 Å². The van der Waals surface area contributed by atoms with Gasteiger partial charge in [-0.1, -0.05) is 0 Å². The number of sulfonamides is 1. The number of pyridine rings is 1. The molecule has 0 saturated heterocycles. The van der Waals surface area contributed by atoms with Gasteiger partial charge in [-0.05, 0) is 28.7 Å². The Balaban J connectivity index is 3.11. The maximum absolute atomic E-state index is 11.0. The third kappa shape index (κ3) is 3.29. The highest BCUT2D eigenvalue weighted by atomic mass is 127. The molecular weight excluding hydrogens is 319 g/mol. The largest absolute Gasteiger partial charge is 0.479 e. The zero-order valence-electron chi connectivity index (χ0n) is 7.61. The Kier molecular flexibility index (Phi) is 3.53. The van der Waals surface area contributed by atoms with Crippen LogP contribution in [0.4, 0.5) is 5.69 Å². The van der Waals surface area contributed by atoms with Gasteiger partial charge in [0.1, 0.15) is 5.69 Å². The zero-order chi connectivity index (χ0) is 10.8. The summed E-state index contributed by atoms with van der Waals surface area (Å²) in [4.78, 5) is 3.92. The predicted molar refractivity (Wildman–Crippen MR) is 62.0 cm³/mol. The fraction of sp³-hybridized carbons (Fsp3) is 0.286. The van der Waals surface area contributed by atoms with Crippen LogP contribution in [0, 0.1) is 3.57 Å². The average molecular weight is 328 g/mol. The summed E-state index contributed by atoms with van der Waals surface area (Å²) in [6, 6.07) is 1.65. The Hall–Kier alpha value is -0.570. The summed E-state index contributed by atoms with van der Waals surface area (Å²) in [6.07, 6.45) is 2.67. The van der Waals surface area contributed by atoms with E-state index in [-0.39, 0.29) is 5.88 Å². The highest BCUT2D eigenvalue weighted by molar-refractivity contribution is 14.1. The molecule has 0 aromatic carbocycles. The maximum atomic E-state index is 11.0. The van der Waals surface area contributed by atoms with Crippen molar-refractivity contribution in [2.45, 2.75) is 0 Å². The number of aromatic nitrogens is 1. The summed E-state index contributed by atoms with van der Waals surface area (Å²) in [5.74, 6) is 0.260. The van der Waals surface area contributed by atoms with Gasteiger partial charge < -0.3 is 4.74 Å². The number of nitrogens with zero attached hydrogens (tertiary/aromatic N) is 1. The highest BCUT2D eigenvalue weighted by Crippen LogP contribution is 2.23. The van der Waals surface area contributed by atoms with E-state index >= 15 is 0 Å². The lowest BCUT2D eigenvalue weighted by molar-refractivity contribution is 0.400. The van der Waals surface area contributed by atoms with Gasteiger partial charge in [0, 0.05) is 9.77 Å². The highest BCUT2D eigenvalue weighted by Gasteiger charge is 2.09. The first-order valence-electron chi connectivity index (χ1n) is 3.59. The van der Waals surface area contributed by atoms with Crippen molar-refractivity contribution in [3.05, 3.63) is 15.8 Å². The normalized spacial score (nSPS) is 11.1. The molecule has 0 amide bonds. The van der Waals surface area contributed by atoms with E-state index < -0.39 is 10.0 Å². The van der Waals surface area contributed by atoms with Crippen molar-refractivity contribution in [3.63, 3.8) is 0 Å². The van der Waals surface area contributed by atoms with Gasteiger partial charge in [-0.3, -0.25) is 4.72 Å². The molecule has 0 spiro atoms. The van der Waals surface area contributed by atoms with Crippen molar-refractivity contribution in [2.24, 2.45) is 0 Å². The van der Waals surface area contributed by atoms with E-state index in [0.717, 1.165) is 9.83 Å². The Labute approximate surface area is 96.1 Å². The number of halogens is 1. The number of hydrogen-bond acceptors (Lipinski definition) is 4. The molecule has 1 rings (SSSR count). The van der Waals surface area contributed by atoms with Crippen molar-refractivity contribution in [1.29, 1.82) is 0 Å². The number of methoxy groups -OCH3 is 1. The summed E-state index contributed by atoms with van der Waals surface area (Å²) >= 11 is 2.04. The van der Waals surface area contributed by atoms with Crippen LogP contribution in [0.15, 0.2) is 12.3 Å². The van der Waals surface area contributed by atoms with Gasteiger partial charge in [0.05, 0.1) is 13.4 Å². The van der Waals surface area contributed by atoms with Crippen LogP contribution < -0.4 is 9.46 Å². The summed E-state index contributed by atoms with van der Waals surface area (Å²) < 4.78 is 30.0. The number of ether oxygens (including phenoxy) is 1. The van der Waals surface area contributed by atoms with Crippen LogP contribution in [0.2, 0.25) is 0 Å². The standard InChI is InChI=1S/C7H9IN2O3S/c1-13-7-6(10-14(2,11)12)3-5(8)4-9-7/h3-4,10H,1-2H3. The molecule has 0 unspecified atom stereocenters. The third-order valence-corrected chi connectivity index (χ3v) is 2.49. The quantitative estimate of drug-likeness (QED) is 0.843. The minimum atomic E-state index is -3.30. The number of anilines is 1. The van der Waals surface area contributed by atoms with E-state index in [1.807, 2.05) is 22.6 Å². The molecule has 0 aliphatic rings. The van der Waals surface area contributed by atoms with E-state index in [9.17, 15) is 8.42 Å². The Morgan fingerprint density at radius 1 is 1.57 bits per heavy atom. The van der Waals surface area contributed by atoms with E-state index in [1.165, 1.54) is 7.11 Å². The van der Waals surface area contributed by atoms with Gasteiger partial charge in [-0.2, -0.15) is 0 Å². The van der Waals surface area contributed by atoms with Gasteiger partial charge in [0.25, 0.3) is 0 Å². The first-order valence-corrected chi connectivity index (χ1v) is 6.57. The zero-order valence-corrected chi connectivity index (χ0v) is 10.6. The Bertz CT molecular complexity index is 433. The molecule has 1 heterocycles. The van der Waals surface area contributed by atoms with Crippen LogP contribution in [0.1, 0.15) is 0 Å². The van der Waals surface area contributed by atoms with Crippen LogP contribution in [0.25, 0.3) is 0 Å². The number of hydrogen-bond donors (Lipinski definition) is 1. The molecule has 1 aromatic rings. The fourth-order valence-electron chi connectivity index (χ4n) is 0.862. The lowest BCUT2D eigenvalue weighted by atomic mass is 10.4. The van der Waals surface area contributed by atoms with Gasteiger partial charge in [0.2, 0.25) is 15.9 Å². The van der Waals surface area contributed by atoms with E-state index in [1.54, 1.807) is 12.3 Å². The minimum Gasteiger partial charge on any atom is -0.479 e.